The molecule has 0 aliphatic carbocycles. The van der Waals surface area contributed by atoms with E-state index in [1.165, 1.54) is 0 Å². The van der Waals surface area contributed by atoms with Crippen molar-refractivity contribution in [2.75, 3.05) is 26.3 Å². The molecule has 1 aliphatic rings. The molecule has 2 atom stereocenters. The molecule has 2 N–H and O–H groups in total. The minimum absolute atomic E-state index is 0.0340. The number of hydrogen-bond donors (Lipinski definition) is 2. The van der Waals surface area contributed by atoms with Crippen molar-refractivity contribution in [1.29, 1.82) is 0 Å². The van der Waals surface area contributed by atoms with Crippen LogP contribution in [0, 0.1) is 5.92 Å². The lowest BCUT2D eigenvalue weighted by Crippen LogP contribution is -2.45. The van der Waals surface area contributed by atoms with E-state index in [-0.39, 0.29) is 25.2 Å². The van der Waals surface area contributed by atoms with E-state index in [1.807, 2.05) is 6.92 Å². The number of amides is 1. The molecule has 1 heterocycles. The zero-order valence-corrected chi connectivity index (χ0v) is 8.35. The quantitative estimate of drug-likeness (QED) is 0.653. The van der Waals surface area contributed by atoms with Gasteiger partial charge >= 0.3 is 6.09 Å². The molecule has 0 aromatic carbocycles. The zero-order valence-electron chi connectivity index (χ0n) is 8.35. The molecule has 5 nitrogen and oxygen atoms in total. The molecule has 1 aliphatic heterocycles. The van der Waals surface area contributed by atoms with Crippen LogP contribution in [0.5, 0.6) is 0 Å². The van der Waals surface area contributed by atoms with Crippen LogP contribution in [0.3, 0.4) is 0 Å². The van der Waals surface area contributed by atoms with Gasteiger partial charge in [0.2, 0.25) is 0 Å². The first-order valence-electron chi connectivity index (χ1n) is 4.85. The molecule has 5 heteroatoms. The summed E-state index contributed by atoms with van der Waals surface area (Å²) >= 11 is 0. The second kappa shape index (κ2) is 5.17. The number of carbonyl (C=O) groups excluding carboxylic acids is 1. The number of piperidine rings is 1. The number of aliphatic hydroxyl groups excluding tert-OH is 2. The van der Waals surface area contributed by atoms with Crippen LogP contribution in [0.1, 0.15) is 13.3 Å². The average molecular weight is 203 g/mol. The summed E-state index contributed by atoms with van der Waals surface area (Å²) < 4.78 is 4.77. The second-order valence-corrected chi connectivity index (χ2v) is 3.62. The number of rotatable bonds is 2. The van der Waals surface area contributed by atoms with Crippen LogP contribution in [0.4, 0.5) is 4.79 Å². The lowest BCUT2D eigenvalue weighted by atomic mass is 9.97. The molecule has 0 aromatic rings. The first-order valence-corrected chi connectivity index (χ1v) is 4.85. The monoisotopic (exact) mass is 203 g/mol. The average Bonchev–Trinajstić information content (AvgIpc) is 2.18. The molecular formula is C9H17NO4. The topological polar surface area (TPSA) is 70.0 Å². The summed E-state index contributed by atoms with van der Waals surface area (Å²) in [5, 5.41) is 17.9. The Morgan fingerprint density at radius 1 is 1.64 bits per heavy atom. The van der Waals surface area contributed by atoms with Gasteiger partial charge in [0.15, 0.2) is 0 Å². The largest absolute Gasteiger partial charge is 0.447 e. The minimum Gasteiger partial charge on any atom is -0.447 e. The van der Waals surface area contributed by atoms with E-state index in [0.717, 1.165) is 0 Å². The van der Waals surface area contributed by atoms with E-state index >= 15 is 0 Å². The van der Waals surface area contributed by atoms with Crippen LogP contribution in [-0.2, 0) is 4.74 Å². The van der Waals surface area contributed by atoms with E-state index in [1.54, 1.807) is 4.90 Å². The summed E-state index contributed by atoms with van der Waals surface area (Å²) in [5.41, 5.74) is 0. The van der Waals surface area contributed by atoms with Crippen molar-refractivity contribution >= 4 is 6.09 Å². The molecule has 82 valence electrons. The maximum absolute atomic E-state index is 11.3. The predicted octanol–water partition coefficient (Wildman–Crippen LogP) is -0.182. The van der Waals surface area contributed by atoms with Crippen molar-refractivity contribution in [2.24, 2.45) is 5.92 Å². The molecule has 0 saturated carbocycles. The molecule has 2 unspecified atom stereocenters. The first-order chi connectivity index (χ1) is 6.65. The third-order valence-corrected chi connectivity index (χ3v) is 2.44. The van der Waals surface area contributed by atoms with Gasteiger partial charge in [-0.25, -0.2) is 4.79 Å². The summed E-state index contributed by atoms with van der Waals surface area (Å²) in [6.45, 7) is 2.82. The van der Waals surface area contributed by atoms with Crippen molar-refractivity contribution in [3.63, 3.8) is 0 Å². The number of hydrogen-bond acceptors (Lipinski definition) is 4. The number of carbonyl (C=O) groups is 1. The zero-order chi connectivity index (χ0) is 10.6. The van der Waals surface area contributed by atoms with Crippen molar-refractivity contribution in [3.8, 4) is 0 Å². The molecule has 1 fully saturated rings. The van der Waals surface area contributed by atoms with Crippen molar-refractivity contribution < 1.29 is 19.7 Å². The Morgan fingerprint density at radius 2 is 2.36 bits per heavy atom. The van der Waals surface area contributed by atoms with Gasteiger partial charge in [-0.3, -0.25) is 0 Å². The smallest absolute Gasteiger partial charge is 0.409 e. The molecule has 1 amide bonds. The third kappa shape index (κ3) is 2.85. The SMILES string of the molecule is CC1CN(C(=O)OCCO)CCC1O. The van der Waals surface area contributed by atoms with Crippen LogP contribution in [-0.4, -0.2) is 53.6 Å². The van der Waals surface area contributed by atoms with Gasteiger partial charge in [0, 0.05) is 13.1 Å². The maximum Gasteiger partial charge on any atom is 0.409 e. The Labute approximate surface area is 83.3 Å². The lowest BCUT2D eigenvalue weighted by Gasteiger charge is -2.33. The number of nitrogens with zero attached hydrogens (tertiary/aromatic N) is 1. The highest BCUT2D eigenvalue weighted by molar-refractivity contribution is 5.67. The Balaban J connectivity index is 2.34. The van der Waals surface area contributed by atoms with Crippen LogP contribution in [0.15, 0.2) is 0 Å². The van der Waals surface area contributed by atoms with Crippen molar-refractivity contribution in [2.45, 2.75) is 19.4 Å². The van der Waals surface area contributed by atoms with Gasteiger partial charge < -0.3 is 19.8 Å². The van der Waals surface area contributed by atoms with Gasteiger partial charge in [0.1, 0.15) is 6.61 Å². The summed E-state index contributed by atoms with van der Waals surface area (Å²) in [6.07, 6.45) is -0.134. The van der Waals surface area contributed by atoms with Crippen LogP contribution in [0.2, 0.25) is 0 Å². The fourth-order valence-electron chi connectivity index (χ4n) is 1.52. The van der Waals surface area contributed by atoms with Crippen LogP contribution in [0.25, 0.3) is 0 Å². The summed E-state index contributed by atoms with van der Waals surface area (Å²) in [5.74, 6) is 0.0884. The Hall–Kier alpha value is -0.810. The van der Waals surface area contributed by atoms with Gasteiger partial charge in [-0.1, -0.05) is 6.92 Å². The van der Waals surface area contributed by atoms with E-state index in [4.69, 9.17) is 9.84 Å². The van der Waals surface area contributed by atoms with E-state index in [9.17, 15) is 9.90 Å². The van der Waals surface area contributed by atoms with Gasteiger partial charge in [-0.15, -0.1) is 0 Å². The Kier molecular flexibility index (Phi) is 4.16. The molecule has 0 aromatic heterocycles. The number of aliphatic hydroxyl groups is 2. The first kappa shape index (κ1) is 11.3. The fraction of sp³-hybridized carbons (Fsp3) is 0.889. The number of likely N-dealkylation sites (tertiary alicyclic amines) is 1. The highest BCUT2D eigenvalue weighted by Crippen LogP contribution is 2.16. The van der Waals surface area contributed by atoms with Crippen LogP contribution < -0.4 is 0 Å². The van der Waals surface area contributed by atoms with Gasteiger partial charge in [0.25, 0.3) is 0 Å². The molecule has 0 bridgehead atoms. The maximum atomic E-state index is 11.3. The minimum atomic E-state index is -0.405. The van der Waals surface area contributed by atoms with E-state index < -0.39 is 6.09 Å². The van der Waals surface area contributed by atoms with E-state index in [0.29, 0.717) is 19.5 Å². The standard InChI is InChI=1S/C9H17NO4/c1-7-6-10(3-2-8(7)12)9(13)14-5-4-11/h7-8,11-12H,2-6H2,1H3. The second-order valence-electron chi connectivity index (χ2n) is 3.62. The summed E-state index contributed by atoms with van der Waals surface area (Å²) in [4.78, 5) is 12.9. The predicted molar refractivity (Wildman–Crippen MR) is 49.8 cm³/mol. The van der Waals surface area contributed by atoms with E-state index in [2.05, 4.69) is 0 Å². The summed E-state index contributed by atoms with van der Waals surface area (Å²) in [6, 6.07) is 0. The fourth-order valence-corrected chi connectivity index (χ4v) is 1.52. The molecule has 0 radical (unpaired) electrons. The number of ether oxygens (including phenoxy) is 1. The van der Waals surface area contributed by atoms with Crippen molar-refractivity contribution in [1.82, 2.24) is 4.90 Å². The Bertz CT molecular complexity index is 197. The van der Waals surface area contributed by atoms with Crippen molar-refractivity contribution in [3.05, 3.63) is 0 Å². The lowest BCUT2D eigenvalue weighted by molar-refractivity contribution is 0.0230. The van der Waals surface area contributed by atoms with Gasteiger partial charge in [-0.2, -0.15) is 0 Å². The van der Waals surface area contributed by atoms with Gasteiger partial charge in [0.05, 0.1) is 12.7 Å². The summed E-state index contributed by atoms with van der Waals surface area (Å²) in [7, 11) is 0. The molecule has 14 heavy (non-hydrogen) atoms. The highest BCUT2D eigenvalue weighted by Gasteiger charge is 2.27. The molecule has 0 spiro atoms. The normalized spacial score (nSPS) is 27.5. The van der Waals surface area contributed by atoms with Crippen LogP contribution >= 0.6 is 0 Å². The molecule has 1 rings (SSSR count). The molecular weight excluding hydrogens is 186 g/mol. The highest BCUT2D eigenvalue weighted by atomic mass is 16.6. The van der Waals surface area contributed by atoms with Gasteiger partial charge in [-0.05, 0) is 12.3 Å². The molecule has 1 saturated heterocycles. The third-order valence-electron chi connectivity index (χ3n) is 2.44. The Morgan fingerprint density at radius 3 is 2.93 bits per heavy atom.